The number of aromatic amines is 1. The number of ether oxygens (including phenoxy) is 9. The number of carbonyl (C=O) groups excluding carboxylic acids is 13. The van der Waals surface area contributed by atoms with Crippen LogP contribution in [0.15, 0.2) is 17.2 Å². The van der Waals surface area contributed by atoms with Crippen LogP contribution >= 0.6 is 11.8 Å². The number of nitrogens with zero attached hydrogens (tertiary/aromatic N) is 2. The normalized spacial score (nSPS) is 22.7. The van der Waals surface area contributed by atoms with Gasteiger partial charge in [-0.05, 0) is 48.6 Å². The number of aromatic nitrogens is 1. The standard InChI is InChI=1S/C74H115N11O26S2/c1-6-45(2)52-36-49(87)39-78-68(96)48-34-53-51-9-10-60(103-5)54(67(51)83-72(53)113(102)44-56(80-64(94)40-79-69(52)97)70(98)81-55(38-61(75)91)74(101)85-41-50(88)37-57(85)71(99)82-66(58(89)35-48)47(4)59(90)42-86)43-112-32-8-7-13-76-63(93)12-16-104-18-20-106-22-24-108-26-28-110-30-31-111-29-27-109-25-23-107-21-19-105-17-14-77-62(92)11-15-84-65(95)33-46(3)73(84)100/h9-10,45-48,50,52,55-57,59,66,83,86,88,90H,6-8,11-44H2,1-5H3,(H2,75,91)(H,76,93)(H,77,92)(H,78,96)(H,79,97)(H,80,94)(H,81,98)(H,82,99)/t45-,46?,47-,48+,50+,52-,55-,56-,57-,59-,66-,113?/m0/s1. The lowest BCUT2D eigenvalue weighted by Crippen LogP contribution is -2.60. The van der Waals surface area contributed by atoms with E-state index in [0.29, 0.717) is 153 Å². The predicted molar refractivity (Wildman–Crippen MR) is 407 cm³/mol. The predicted octanol–water partition coefficient (Wildman–Crippen LogP) is -2.88. The van der Waals surface area contributed by atoms with E-state index in [1.807, 2.05) is 0 Å². The summed E-state index contributed by atoms with van der Waals surface area (Å²) in [6.45, 7) is 10.1. The molecule has 4 aliphatic heterocycles. The highest BCUT2D eigenvalue weighted by atomic mass is 32.2. The van der Waals surface area contributed by atoms with Gasteiger partial charge in [0.1, 0.15) is 28.9 Å². The molecule has 4 aliphatic rings. The minimum Gasteiger partial charge on any atom is -0.496 e. The van der Waals surface area contributed by atoms with Crippen molar-refractivity contribution in [3.05, 3.63) is 23.3 Å². The number of aliphatic hydroxyl groups excluding tert-OH is 3. The van der Waals surface area contributed by atoms with Gasteiger partial charge in [0.15, 0.2) is 11.6 Å². The molecule has 2 aromatic rings. The summed E-state index contributed by atoms with van der Waals surface area (Å²) in [4.78, 5) is 182. The number of methoxy groups -OCH3 is 1. The molecular formula is C74H115N11O26S2. The Bertz CT molecular complexity index is 3520. The lowest BCUT2D eigenvalue weighted by molar-refractivity contribution is -0.144. The van der Waals surface area contributed by atoms with Crippen LogP contribution < -0.4 is 47.7 Å². The van der Waals surface area contributed by atoms with Crippen LogP contribution in [0.4, 0.5) is 0 Å². The second-order valence-corrected chi connectivity index (χ2v) is 30.6. The average Bonchev–Trinajstić information content (AvgIpc) is 1.61. The molecule has 2 bridgehead atoms. The van der Waals surface area contributed by atoms with E-state index in [9.17, 15) is 72.9 Å². The third kappa shape index (κ3) is 31.5. The zero-order valence-corrected chi connectivity index (χ0v) is 66.8. The van der Waals surface area contributed by atoms with Gasteiger partial charge in [-0.3, -0.25) is 71.4 Å². The Kier molecular flexibility index (Phi) is 42.2. The Hall–Kier alpha value is -7.67. The zero-order chi connectivity index (χ0) is 82.4. The first-order valence-electron chi connectivity index (χ1n) is 38.5. The second kappa shape index (κ2) is 50.6. The molecule has 634 valence electrons. The fraction of sp³-hybridized carbons (Fsp3) is 0.716. The fourth-order valence-electron chi connectivity index (χ4n) is 13.0. The molecule has 0 radical (unpaired) electrons. The zero-order valence-electron chi connectivity index (χ0n) is 65.2. The van der Waals surface area contributed by atoms with E-state index in [-0.39, 0.29) is 84.9 Å². The van der Waals surface area contributed by atoms with Crippen molar-refractivity contribution in [2.45, 2.75) is 145 Å². The van der Waals surface area contributed by atoms with Crippen molar-refractivity contribution in [1.82, 2.24) is 52.0 Å². The van der Waals surface area contributed by atoms with Gasteiger partial charge < -0.3 is 111 Å². The fourth-order valence-corrected chi connectivity index (χ4v) is 15.4. The minimum atomic E-state index is -2.42. The van der Waals surface area contributed by atoms with Crippen molar-refractivity contribution in [3.8, 4) is 5.75 Å². The van der Waals surface area contributed by atoms with E-state index < -0.39 is 188 Å². The lowest BCUT2D eigenvalue weighted by Gasteiger charge is -2.32. The number of primary amides is 1. The molecule has 13 N–H and O–H groups in total. The second-order valence-electron chi connectivity index (χ2n) is 28.0. The first-order valence-corrected chi connectivity index (χ1v) is 41.0. The number of nitrogens with two attached hydrogens (primary N) is 1. The number of unbranched alkanes of at least 4 members (excludes halogenated alkanes) is 1. The number of likely N-dealkylation sites (tertiary alicyclic amines) is 1. The SMILES string of the molecule is CC[C@H](C)[C@@H]1CC(=O)CNC(=O)[C@H]2CC(=O)[C@H]([C@@H](C)[C@@H](O)CO)NC(=O)[C@@H]3C[C@@H](O)CN3C(=O)[C@H](CC(N)=O)NC(=O)[C@H](CS(=O)c3[nH]c4c(CSCCCCNC(=O)CCOCCOCCOCCOCCOCCOCCOCCOCCNC(=O)CCN5C(=O)CC(C)C5=O)c(OC)ccc4c3C2)NC(=O)CNC1=O. The van der Waals surface area contributed by atoms with Gasteiger partial charge in [-0.1, -0.05) is 34.1 Å². The van der Waals surface area contributed by atoms with Gasteiger partial charge in [0.25, 0.3) is 0 Å². The van der Waals surface area contributed by atoms with Gasteiger partial charge >= 0.3 is 0 Å². The molecule has 1 aromatic carbocycles. The molecule has 12 atom stereocenters. The van der Waals surface area contributed by atoms with Crippen LogP contribution in [-0.4, -0.2) is 317 Å². The van der Waals surface area contributed by atoms with Crippen LogP contribution in [0.3, 0.4) is 0 Å². The number of ketones is 2. The molecule has 0 aliphatic carbocycles. The molecule has 2 unspecified atom stereocenters. The lowest BCUT2D eigenvalue weighted by atomic mass is 9.85. The van der Waals surface area contributed by atoms with Crippen LogP contribution in [0, 0.1) is 29.6 Å². The van der Waals surface area contributed by atoms with E-state index >= 15 is 9.00 Å². The van der Waals surface area contributed by atoms with Crippen molar-refractivity contribution < 1.29 is 124 Å². The molecule has 1 aromatic heterocycles. The maximum Gasteiger partial charge on any atom is 0.246 e. The third-order valence-corrected chi connectivity index (χ3v) is 22.1. The summed E-state index contributed by atoms with van der Waals surface area (Å²) in [6, 6.07) is -3.69. The van der Waals surface area contributed by atoms with Gasteiger partial charge in [0, 0.05) is 105 Å². The summed E-state index contributed by atoms with van der Waals surface area (Å²) in [5.41, 5.74) is 6.74. The monoisotopic (exact) mass is 1640 g/mol. The van der Waals surface area contributed by atoms with Crippen LogP contribution in [-0.2, 0) is 123 Å². The number of carbonyl (C=O) groups is 13. The number of aliphatic hydroxyl groups is 3. The third-order valence-electron chi connectivity index (χ3n) is 19.6. The van der Waals surface area contributed by atoms with E-state index in [1.165, 1.54) is 25.8 Å². The quantitative estimate of drug-likeness (QED) is 0.0234. The maximum atomic E-state index is 15.4. The molecule has 0 saturated carbocycles. The van der Waals surface area contributed by atoms with Crippen molar-refractivity contribution >= 4 is 110 Å². The summed E-state index contributed by atoms with van der Waals surface area (Å²) in [5, 5.41) is 50.7. The number of H-pyrrole nitrogens is 1. The Morgan fingerprint density at radius 2 is 1.29 bits per heavy atom. The van der Waals surface area contributed by atoms with E-state index in [1.54, 1.807) is 32.9 Å². The smallest absolute Gasteiger partial charge is 0.246 e. The van der Waals surface area contributed by atoms with Crippen LogP contribution in [0.25, 0.3) is 10.9 Å². The van der Waals surface area contributed by atoms with Gasteiger partial charge in [-0.2, -0.15) is 11.8 Å². The van der Waals surface area contributed by atoms with Crippen molar-refractivity contribution in [2.75, 3.05) is 170 Å². The number of hydrogen-bond donors (Lipinski definition) is 12. The van der Waals surface area contributed by atoms with Crippen LogP contribution in [0.2, 0.25) is 0 Å². The molecule has 11 amide bonds. The van der Waals surface area contributed by atoms with Crippen LogP contribution in [0.5, 0.6) is 5.75 Å². The number of amides is 11. The Morgan fingerprint density at radius 3 is 1.88 bits per heavy atom. The van der Waals surface area contributed by atoms with E-state index in [4.69, 9.17) is 48.4 Å². The van der Waals surface area contributed by atoms with Crippen molar-refractivity contribution in [1.29, 1.82) is 0 Å². The molecule has 0 spiro atoms. The van der Waals surface area contributed by atoms with Crippen LogP contribution in [0.1, 0.15) is 103 Å². The van der Waals surface area contributed by atoms with Crippen molar-refractivity contribution in [2.24, 2.45) is 35.3 Å². The Balaban J connectivity index is 0.959. The molecule has 6 rings (SSSR count). The van der Waals surface area contributed by atoms with Gasteiger partial charge in [0.2, 0.25) is 65.0 Å². The number of Topliss-reactive ketones (excluding diaryl/α,β-unsaturated/α-hetero) is 2. The first-order chi connectivity index (χ1) is 54.3. The maximum absolute atomic E-state index is 15.4. The first kappa shape index (κ1) is 94.2. The molecule has 113 heavy (non-hydrogen) atoms. The molecule has 2 fully saturated rings. The minimum absolute atomic E-state index is 0.0479. The Labute approximate surface area is 663 Å². The number of hydrogen-bond acceptors (Lipinski definition) is 27. The molecule has 39 heteroatoms. The average molecular weight is 1640 g/mol. The van der Waals surface area contributed by atoms with Gasteiger partial charge in [-0.15, -0.1) is 0 Å². The summed E-state index contributed by atoms with van der Waals surface area (Å²) >= 11 is 1.50. The summed E-state index contributed by atoms with van der Waals surface area (Å²) < 4.78 is 65.4. The van der Waals surface area contributed by atoms with E-state index in [0.717, 1.165) is 9.80 Å². The summed E-state index contributed by atoms with van der Waals surface area (Å²) in [6.07, 6.45) is -3.79. The molecular weight excluding hydrogens is 1520 g/mol. The largest absolute Gasteiger partial charge is 0.496 e. The number of nitrogens with one attached hydrogen (secondary N) is 8. The highest BCUT2D eigenvalue weighted by molar-refractivity contribution is 7.98. The Morgan fingerprint density at radius 1 is 0.699 bits per heavy atom. The summed E-state index contributed by atoms with van der Waals surface area (Å²) in [7, 11) is -0.973. The highest BCUT2D eigenvalue weighted by Crippen LogP contribution is 2.38. The van der Waals surface area contributed by atoms with Gasteiger partial charge in [0.05, 0.1) is 179 Å². The number of imide groups is 1. The number of thioether (sulfide) groups is 1. The number of rotatable bonds is 45. The van der Waals surface area contributed by atoms with Gasteiger partial charge in [-0.25, -0.2) is 0 Å². The molecule has 2 saturated heterocycles. The molecule has 5 heterocycles. The number of benzene rings is 1. The topological polar surface area (TPSA) is 515 Å². The van der Waals surface area contributed by atoms with E-state index in [2.05, 4.69) is 42.2 Å². The van der Waals surface area contributed by atoms with Crippen molar-refractivity contribution in [3.63, 3.8) is 0 Å². The summed E-state index contributed by atoms with van der Waals surface area (Å²) in [5.74, 6) is -13.4. The highest BCUT2D eigenvalue weighted by Gasteiger charge is 2.46. The molecule has 37 nitrogen and oxygen atoms in total. The number of fused-ring (bicyclic) bond motifs is 5.